The number of hydrogen-bond acceptors (Lipinski definition) is 8. The quantitative estimate of drug-likeness (QED) is 0.169. The van der Waals surface area contributed by atoms with Crippen molar-refractivity contribution >= 4 is 14.9 Å². The van der Waals surface area contributed by atoms with Crippen molar-refractivity contribution in [2.45, 2.75) is 38.1 Å². The molecule has 1 aromatic carbocycles. The smallest absolute Gasteiger partial charge is 0.412 e. The number of nitrogens with zero attached hydrogens (tertiary/aromatic N) is 4. The average Bonchev–Trinajstić information content (AvgIpc) is 3.17. The Balaban J connectivity index is 0.000000873. The molecule has 0 saturated carbocycles. The van der Waals surface area contributed by atoms with Crippen LogP contribution in [-0.4, -0.2) is 54.1 Å². The molecule has 1 aliphatic rings. The number of amides is 1. The first-order valence-corrected chi connectivity index (χ1v) is 9.81. The molecule has 0 unspecified atom stereocenters. The van der Waals surface area contributed by atoms with Crippen LogP contribution in [0.3, 0.4) is 0 Å². The molecule has 0 spiro atoms. The highest BCUT2D eigenvalue weighted by molar-refractivity contribution is 7.25. The molecule has 2 heterocycles. The molecule has 2 aromatic rings. The number of benzene rings is 1. The van der Waals surface area contributed by atoms with Gasteiger partial charge in [0.05, 0.1) is 6.54 Å². The van der Waals surface area contributed by atoms with Crippen molar-refractivity contribution in [2.75, 3.05) is 6.54 Å². The van der Waals surface area contributed by atoms with Gasteiger partial charge < -0.3 is 20.7 Å². The maximum Gasteiger partial charge on any atom is 0.451 e. The van der Waals surface area contributed by atoms with E-state index in [2.05, 4.69) is 19.5 Å². The summed E-state index contributed by atoms with van der Waals surface area (Å²) in [6.07, 6.45) is -5.11. The molecule has 0 bridgehead atoms. The van der Waals surface area contributed by atoms with Crippen LogP contribution < -0.4 is 5.73 Å². The molecule has 6 N–H and O–H groups in total. The molecule has 34 heavy (non-hydrogen) atoms. The third-order valence-corrected chi connectivity index (χ3v) is 4.59. The van der Waals surface area contributed by atoms with Crippen LogP contribution in [0.4, 0.5) is 26.3 Å². The third-order valence-electron chi connectivity index (χ3n) is 4.44. The molecule has 0 saturated heterocycles. The van der Waals surface area contributed by atoms with Crippen molar-refractivity contribution in [3.63, 3.8) is 0 Å². The molecule has 1 atom stereocenters. The zero-order chi connectivity index (χ0) is 24.8. The summed E-state index contributed by atoms with van der Waals surface area (Å²) in [5.74, 6) is -5.15. The van der Waals surface area contributed by atoms with E-state index >= 15 is 0 Å². The molecule has 1 aliphatic heterocycles. The van der Waals surface area contributed by atoms with Crippen molar-refractivity contribution in [3.8, 4) is 0 Å². The Bertz CT molecular complexity index is 963. The van der Waals surface area contributed by atoms with Crippen molar-refractivity contribution in [1.82, 2.24) is 19.7 Å². The highest BCUT2D eigenvalue weighted by Crippen LogP contribution is 2.29. The second-order valence-corrected chi connectivity index (χ2v) is 7.23. The SMILES string of the molecule is N[C@@H](CC(=O)N1CCn2c(nnc2C(F)(F)F)C1)Cc1cc(F)c(F)cc1F.O.OOPOO. The lowest BCUT2D eigenvalue weighted by Crippen LogP contribution is -2.42. The minimum absolute atomic E-state index is 0. The van der Waals surface area contributed by atoms with E-state index in [0.717, 1.165) is 4.57 Å². The van der Waals surface area contributed by atoms with Gasteiger partial charge in [0, 0.05) is 31.6 Å². The molecule has 3 rings (SSSR count). The van der Waals surface area contributed by atoms with Crippen molar-refractivity contribution in [2.24, 2.45) is 5.73 Å². The van der Waals surface area contributed by atoms with Crippen LogP contribution in [0.2, 0.25) is 0 Å². The Labute approximate surface area is 189 Å². The van der Waals surface area contributed by atoms with Crippen LogP contribution in [0.25, 0.3) is 0 Å². The van der Waals surface area contributed by atoms with Gasteiger partial charge >= 0.3 is 6.18 Å². The lowest BCUT2D eigenvalue weighted by Gasteiger charge is -2.29. The number of aromatic nitrogens is 3. The van der Waals surface area contributed by atoms with E-state index in [0.29, 0.717) is 12.1 Å². The van der Waals surface area contributed by atoms with Crippen LogP contribution in [-0.2, 0) is 39.8 Å². The van der Waals surface area contributed by atoms with Crippen molar-refractivity contribution in [1.29, 1.82) is 0 Å². The van der Waals surface area contributed by atoms with Gasteiger partial charge in [0.25, 0.3) is 0 Å². The third kappa shape index (κ3) is 7.83. The topological polar surface area (TPSA) is 167 Å². The van der Waals surface area contributed by atoms with Gasteiger partial charge in [0.1, 0.15) is 5.82 Å². The molecule has 0 fully saturated rings. The maximum absolute atomic E-state index is 13.7. The number of fused-ring (bicyclic) bond motifs is 1. The van der Waals surface area contributed by atoms with Gasteiger partial charge in [0.2, 0.25) is 20.8 Å². The number of alkyl halides is 3. The largest absolute Gasteiger partial charge is 0.451 e. The zero-order valence-electron chi connectivity index (χ0n) is 17.0. The first-order valence-electron chi connectivity index (χ1n) is 8.99. The lowest BCUT2D eigenvalue weighted by atomic mass is 10.0. The summed E-state index contributed by atoms with van der Waals surface area (Å²) in [4.78, 5) is 13.6. The van der Waals surface area contributed by atoms with Gasteiger partial charge in [-0.25, -0.2) is 23.7 Å². The summed E-state index contributed by atoms with van der Waals surface area (Å²) in [5, 5.41) is 21.2. The fourth-order valence-corrected chi connectivity index (χ4v) is 3.06. The highest BCUT2D eigenvalue weighted by atomic mass is 31.1. The van der Waals surface area contributed by atoms with Crippen LogP contribution in [0.15, 0.2) is 12.1 Å². The lowest BCUT2D eigenvalue weighted by molar-refractivity contribution is -0.186. The van der Waals surface area contributed by atoms with Crippen LogP contribution >= 0.6 is 9.03 Å². The molecule has 1 amide bonds. The molecular formula is C16H20F6N5O6P. The highest BCUT2D eigenvalue weighted by Gasteiger charge is 2.40. The van der Waals surface area contributed by atoms with E-state index < -0.39 is 50.4 Å². The van der Waals surface area contributed by atoms with E-state index in [4.69, 9.17) is 16.2 Å². The predicted octanol–water partition coefficient (Wildman–Crippen LogP) is 1.67. The number of hydrogen-bond donors (Lipinski definition) is 3. The number of carbonyl (C=O) groups is 1. The molecule has 0 aliphatic carbocycles. The molecule has 1 aromatic heterocycles. The van der Waals surface area contributed by atoms with E-state index in [-0.39, 0.29) is 49.3 Å². The molecular weight excluding hydrogens is 503 g/mol. The second kappa shape index (κ2) is 12.9. The molecule has 18 heteroatoms. The number of rotatable bonds is 6. The minimum Gasteiger partial charge on any atom is -0.412 e. The fraction of sp³-hybridized carbons (Fsp3) is 0.438. The summed E-state index contributed by atoms with van der Waals surface area (Å²) in [6.45, 7) is -0.302. The Kier molecular flexibility index (Phi) is 11.2. The summed E-state index contributed by atoms with van der Waals surface area (Å²) in [7, 11) is -0.691. The Morgan fingerprint density at radius 2 is 1.74 bits per heavy atom. The van der Waals surface area contributed by atoms with Gasteiger partial charge in [-0.3, -0.25) is 4.79 Å². The van der Waals surface area contributed by atoms with Crippen LogP contribution in [0.5, 0.6) is 0 Å². The monoisotopic (exact) mass is 523 g/mol. The Morgan fingerprint density at radius 1 is 1.12 bits per heavy atom. The summed E-state index contributed by atoms with van der Waals surface area (Å²) in [6, 6.07) is 0.184. The predicted molar refractivity (Wildman–Crippen MR) is 102 cm³/mol. The number of nitrogens with two attached hydrogens (primary N) is 1. The van der Waals surface area contributed by atoms with Gasteiger partial charge in [-0.05, 0) is 18.1 Å². The number of carbonyl (C=O) groups excluding carboxylic acids is 1. The van der Waals surface area contributed by atoms with E-state index in [1.807, 2.05) is 0 Å². The van der Waals surface area contributed by atoms with E-state index in [1.165, 1.54) is 4.90 Å². The normalized spacial score (nSPS) is 14.0. The summed E-state index contributed by atoms with van der Waals surface area (Å²) in [5.41, 5.74) is 5.64. The zero-order valence-corrected chi connectivity index (χ0v) is 18.0. The fourth-order valence-electron chi connectivity index (χ4n) is 3.03. The molecule has 192 valence electrons. The van der Waals surface area contributed by atoms with Crippen molar-refractivity contribution in [3.05, 3.63) is 46.8 Å². The minimum atomic E-state index is -4.64. The summed E-state index contributed by atoms with van der Waals surface area (Å²) < 4.78 is 85.8. The first-order chi connectivity index (χ1) is 15.5. The van der Waals surface area contributed by atoms with Gasteiger partial charge in [-0.2, -0.15) is 22.5 Å². The average molecular weight is 523 g/mol. The van der Waals surface area contributed by atoms with Gasteiger partial charge in [0.15, 0.2) is 17.5 Å². The standard InChI is InChI=1S/C16H15F6N5O.H3O4P.H2O/c17-10-6-12(19)11(18)4-8(10)3-9(23)5-14(28)26-1-2-27-13(7-26)24-25-15(27)16(20,21)22;1-3-5-4-2;/h4,6,9H,1-3,5,7,23H2;1-2,5H;1H2/t9-;;/m1../s1. The Morgan fingerprint density at radius 3 is 2.29 bits per heavy atom. The van der Waals surface area contributed by atoms with Crippen molar-refractivity contribution < 1.29 is 56.5 Å². The van der Waals surface area contributed by atoms with E-state index in [1.54, 1.807) is 0 Å². The Hall–Kier alpha value is -2.40. The van der Waals surface area contributed by atoms with Crippen LogP contribution in [0.1, 0.15) is 23.6 Å². The maximum atomic E-state index is 13.7. The number of halogens is 6. The van der Waals surface area contributed by atoms with Gasteiger partial charge in [-0.15, -0.1) is 10.2 Å². The van der Waals surface area contributed by atoms with E-state index in [9.17, 15) is 31.1 Å². The molecule has 0 radical (unpaired) electrons. The van der Waals surface area contributed by atoms with Crippen LogP contribution in [0, 0.1) is 17.5 Å². The van der Waals surface area contributed by atoms with Gasteiger partial charge in [-0.1, -0.05) is 0 Å². The summed E-state index contributed by atoms with van der Waals surface area (Å²) >= 11 is 0. The second-order valence-electron chi connectivity index (χ2n) is 6.70. The molecule has 11 nitrogen and oxygen atoms in total. The first kappa shape index (κ1) is 29.6.